The summed E-state index contributed by atoms with van der Waals surface area (Å²) in [6.45, 7) is 3.73. The van der Waals surface area contributed by atoms with Gasteiger partial charge in [0.15, 0.2) is 11.5 Å². The Labute approximate surface area is 172 Å². The number of hydrogen-bond acceptors (Lipinski definition) is 5. The number of aliphatic carboxylic acids is 1. The number of carboxylic acids is 1. The van der Waals surface area contributed by atoms with E-state index in [1.54, 1.807) is 32.4 Å². The number of likely N-dealkylation sites (tertiary alicyclic amines) is 1. The Morgan fingerprint density at radius 3 is 2.34 bits per heavy atom. The average molecular weight is 399 g/mol. The second-order valence-electron chi connectivity index (χ2n) is 7.52. The number of hydrogen-bond donors (Lipinski definition) is 1. The van der Waals surface area contributed by atoms with Crippen LogP contribution in [0.4, 0.5) is 0 Å². The zero-order valence-corrected chi connectivity index (χ0v) is 17.4. The highest BCUT2D eigenvalue weighted by molar-refractivity contribution is 5.76. The average Bonchev–Trinajstić information content (AvgIpc) is 3.22. The van der Waals surface area contributed by atoms with Gasteiger partial charge in [-0.2, -0.15) is 0 Å². The zero-order valence-electron chi connectivity index (χ0n) is 17.4. The van der Waals surface area contributed by atoms with Gasteiger partial charge in [0.2, 0.25) is 0 Å². The fourth-order valence-corrected chi connectivity index (χ4v) is 4.02. The first kappa shape index (κ1) is 21.1. The topological polar surface area (TPSA) is 62.2 Å². The van der Waals surface area contributed by atoms with Crippen LogP contribution in [0.3, 0.4) is 0 Å². The van der Waals surface area contributed by atoms with Crippen LogP contribution in [0.15, 0.2) is 42.5 Å². The molecule has 2 aromatic carbocycles. The summed E-state index contributed by atoms with van der Waals surface area (Å²) in [6, 6.07) is 12.8. The van der Waals surface area contributed by atoms with Crippen molar-refractivity contribution >= 4 is 5.97 Å². The molecule has 1 fully saturated rings. The number of benzene rings is 2. The van der Waals surface area contributed by atoms with E-state index in [-0.39, 0.29) is 0 Å². The van der Waals surface area contributed by atoms with Crippen LogP contribution in [0.5, 0.6) is 11.5 Å². The Balaban J connectivity index is 1.82. The van der Waals surface area contributed by atoms with Gasteiger partial charge >= 0.3 is 5.97 Å². The molecule has 1 unspecified atom stereocenters. The van der Waals surface area contributed by atoms with Gasteiger partial charge in [0.05, 0.1) is 14.2 Å². The molecule has 0 bridgehead atoms. The molecule has 1 atom stereocenters. The van der Waals surface area contributed by atoms with Crippen LogP contribution >= 0.6 is 0 Å². The van der Waals surface area contributed by atoms with E-state index in [1.165, 1.54) is 18.4 Å². The largest absolute Gasteiger partial charge is 0.493 e. The Morgan fingerprint density at radius 1 is 1.07 bits per heavy atom. The molecule has 156 valence electrons. The van der Waals surface area contributed by atoms with E-state index in [2.05, 4.69) is 23.1 Å². The van der Waals surface area contributed by atoms with Crippen molar-refractivity contribution < 1.29 is 19.4 Å². The van der Waals surface area contributed by atoms with E-state index in [1.807, 2.05) is 18.0 Å². The SMILES string of the molecule is COc1ccc(C(C(=O)O)N(C)Cc2ccccc2CN2CCCC2)cc1OC. The van der Waals surface area contributed by atoms with Gasteiger partial charge in [-0.1, -0.05) is 30.3 Å². The maximum Gasteiger partial charge on any atom is 0.325 e. The molecule has 1 N–H and O–H groups in total. The number of rotatable bonds is 9. The fourth-order valence-electron chi connectivity index (χ4n) is 4.02. The third-order valence-electron chi connectivity index (χ3n) is 5.53. The lowest BCUT2D eigenvalue weighted by Gasteiger charge is -2.27. The van der Waals surface area contributed by atoms with Crippen LogP contribution in [0.1, 0.15) is 35.6 Å². The van der Waals surface area contributed by atoms with Crippen LogP contribution in [0, 0.1) is 0 Å². The first-order valence-electron chi connectivity index (χ1n) is 9.97. The fraction of sp³-hybridized carbons (Fsp3) is 0.435. The summed E-state index contributed by atoms with van der Waals surface area (Å²) in [6.07, 6.45) is 2.50. The highest BCUT2D eigenvalue weighted by atomic mass is 16.5. The summed E-state index contributed by atoms with van der Waals surface area (Å²) in [4.78, 5) is 16.5. The molecule has 0 aliphatic carbocycles. The molecule has 0 radical (unpaired) electrons. The van der Waals surface area contributed by atoms with Gasteiger partial charge in [-0.25, -0.2) is 0 Å². The predicted octanol–water partition coefficient (Wildman–Crippen LogP) is 3.56. The van der Waals surface area contributed by atoms with E-state index in [9.17, 15) is 9.90 Å². The van der Waals surface area contributed by atoms with E-state index >= 15 is 0 Å². The molecule has 1 saturated heterocycles. The standard InChI is InChI=1S/C23H30N2O4/c1-24(15-18-8-4-5-9-19(18)16-25-12-6-7-13-25)22(23(26)27)17-10-11-20(28-2)21(14-17)29-3/h4-5,8-11,14,22H,6-7,12-13,15-16H2,1-3H3,(H,26,27). The van der Waals surface area contributed by atoms with Gasteiger partial charge in [0.25, 0.3) is 0 Å². The van der Waals surface area contributed by atoms with Crippen molar-refractivity contribution in [2.24, 2.45) is 0 Å². The van der Waals surface area contributed by atoms with E-state index in [4.69, 9.17) is 9.47 Å². The molecule has 2 aromatic rings. The van der Waals surface area contributed by atoms with Crippen LogP contribution in [0.2, 0.25) is 0 Å². The molecule has 29 heavy (non-hydrogen) atoms. The van der Waals surface area contributed by atoms with Crippen molar-refractivity contribution in [2.75, 3.05) is 34.4 Å². The molecule has 1 heterocycles. The number of ether oxygens (including phenoxy) is 2. The normalized spacial score (nSPS) is 15.4. The summed E-state index contributed by atoms with van der Waals surface area (Å²) in [5, 5.41) is 9.94. The summed E-state index contributed by atoms with van der Waals surface area (Å²) >= 11 is 0. The first-order valence-corrected chi connectivity index (χ1v) is 9.97. The van der Waals surface area contributed by atoms with E-state index in [0.29, 0.717) is 23.6 Å². The maximum absolute atomic E-state index is 12.1. The molecule has 0 spiro atoms. The van der Waals surface area contributed by atoms with Crippen molar-refractivity contribution in [1.29, 1.82) is 0 Å². The minimum absolute atomic E-state index is 0.527. The lowest BCUT2D eigenvalue weighted by atomic mass is 10.0. The van der Waals surface area contributed by atoms with Gasteiger partial charge in [0, 0.05) is 13.1 Å². The van der Waals surface area contributed by atoms with Gasteiger partial charge in [-0.3, -0.25) is 14.6 Å². The van der Waals surface area contributed by atoms with Crippen molar-refractivity contribution in [3.05, 3.63) is 59.2 Å². The first-order chi connectivity index (χ1) is 14.0. The summed E-state index contributed by atoms with van der Waals surface area (Å²) < 4.78 is 10.6. The Bertz CT molecular complexity index is 833. The predicted molar refractivity (Wildman–Crippen MR) is 112 cm³/mol. The summed E-state index contributed by atoms with van der Waals surface area (Å²) in [5.74, 6) is 0.217. The van der Waals surface area contributed by atoms with Crippen molar-refractivity contribution in [1.82, 2.24) is 9.80 Å². The van der Waals surface area contributed by atoms with Crippen molar-refractivity contribution in [2.45, 2.75) is 32.0 Å². The van der Waals surface area contributed by atoms with Crippen LogP contribution in [-0.4, -0.2) is 55.2 Å². The molecule has 0 saturated carbocycles. The van der Waals surface area contributed by atoms with Crippen molar-refractivity contribution in [3.8, 4) is 11.5 Å². The lowest BCUT2D eigenvalue weighted by molar-refractivity contribution is -0.143. The Hall–Kier alpha value is -2.57. The summed E-state index contributed by atoms with van der Waals surface area (Å²) in [5.41, 5.74) is 3.08. The van der Waals surface area contributed by atoms with Crippen LogP contribution in [0.25, 0.3) is 0 Å². The van der Waals surface area contributed by atoms with Gasteiger partial charge in [0.1, 0.15) is 6.04 Å². The second-order valence-corrected chi connectivity index (χ2v) is 7.52. The minimum Gasteiger partial charge on any atom is -0.493 e. The molecule has 3 rings (SSSR count). The van der Waals surface area contributed by atoms with Crippen LogP contribution in [-0.2, 0) is 17.9 Å². The summed E-state index contributed by atoms with van der Waals surface area (Å²) in [7, 11) is 4.97. The van der Waals surface area contributed by atoms with E-state index in [0.717, 1.165) is 25.2 Å². The van der Waals surface area contributed by atoms with E-state index < -0.39 is 12.0 Å². The molecule has 6 nitrogen and oxygen atoms in total. The smallest absolute Gasteiger partial charge is 0.325 e. The third-order valence-corrected chi connectivity index (χ3v) is 5.53. The Morgan fingerprint density at radius 2 is 1.72 bits per heavy atom. The number of nitrogens with zero attached hydrogens (tertiary/aromatic N) is 2. The highest BCUT2D eigenvalue weighted by Gasteiger charge is 2.26. The molecule has 0 aromatic heterocycles. The van der Waals surface area contributed by atoms with Gasteiger partial charge in [-0.15, -0.1) is 0 Å². The van der Waals surface area contributed by atoms with Gasteiger partial charge in [-0.05, 0) is 61.8 Å². The number of methoxy groups -OCH3 is 2. The molecule has 1 aliphatic rings. The zero-order chi connectivity index (χ0) is 20.8. The highest BCUT2D eigenvalue weighted by Crippen LogP contribution is 2.32. The molecular formula is C23H30N2O4. The Kier molecular flexibility index (Phi) is 7.12. The van der Waals surface area contributed by atoms with Crippen LogP contribution < -0.4 is 9.47 Å². The van der Waals surface area contributed by atoms with Gasteiger partial charge < -0.3 is 14.6 Å². The molecule has 0 amide bonds. The monoisotopic (exact) mass is 398 g/mol. The minimum atomic E-state index is -0.892. The molecule has 6 heteroatoms. The molecule has 1 aliphatic heterocycles. The number of carbonyl (C=O) groups is 1. The quantitative estimate of drug-likeness (QED) is 0.697. The number of carboxylic acid groups (broad SMARTS) is 1. The second kappa shape index (κ2) is 9.76. The maximum atomic E-state index is 12.1. The lowest BCUT2D eigenvalue weighted by Crippen LogP contribution is -2.31. The molecular weight excluding hydrogens is 368 g/mol. The van der Waals surface area contributed by atoms with Crippen molar-refractivity contribution in [3.63, 3.8) is 0 Å². The number of likely N-dealkylation sites (N-methyl/N-ethyl adjacent to an activating group) is 1. The third kappa shape index (κ3) is 5.08.